The van der Waals surface area contributed by atoms with E-state index in [1.807, 2.05) is 0 Å². The van der Waals surface area contributed by atoms with E-state index >= 15 is 0 Å². The highest BCUT2D eigenvalue weighted by Crippen LogP contribution is 2.29. The van der Waals surface area contributed by atoms with Gasteiger partial charge in [0.1, 0.15) is 0 Å². The summed E-state index contributed by atoms with van der Waals surface area (Å²) < 4.78 is 0. The van der Waals surface area contributed by atoms with Crippen LogP contribution in [0.1, 0.15) is 23.2 Å². The standard InChI is InChI=1S/C10H10ClN3O3/c11-8-4-6(14(16)17)3-7(9(8)12)10(15)13-5-1-2-5/h3-5H,1-2,12H2,(H,13,15). The summed E-state index contributed by atoms with van der Waals surface area (Å²) in [5, 5.41) is 13.4. The quantitative estimate of drug-likeness (QED) is 0.488. The van der Waals surface area contributed by atoms with Crippen LogP contribution in [0.4, 0.5) is 11.4 Å². The number of nitro groups is 1. The topological polar surface area (TPSA) is 98.3 Å². The second-order valence-corrected chi connectivity index (χ2v) is 4.30. The number of nitrogen functional groups attached to an aromatic ring is 1. The van der Waals surface area contributed by atoms with E-state index in [1.54, 1.807) is 0 Å². The molecule has 0 saturated heterocycles. The molecule has 0 unspecified atom stereocenters. The van der Waals surface area contributed by atoms with Crippen LogP contribution in [0.25, 0.3) is 0 Å². The van der Waals surface area contributed by atoms with Crippen molar-refractivity contribution in [2.45, 2.75) is 18.9 Å². The van der Waals surface area contributed by atoms with Gasteiger partial charge in [-0.15, -0.1) is 0 Å². The number of hydrogen-bond acceptors (Lipinski definition) is 4. The molecular weight excluding hydrogens is 246 g/mol. The third-order valence-corrected chi connectivity index (χ3v) is 2.80. The van der Waals surface area contributed by atoms with Gasteiger partial charge in [0, 0.05) is 18.2 Å². The van der Waals surface area contributed by atoms with Crippen molar-refractivity contribution in [1.29, 1.82) is 0 Å². The molecule has 1 aromatic rings. The molecule has 90 valence electrons. The number of halogens is 1. The van der Waals surface area contributed by atoms with Gasteiger partial charge >= 0.3 is 0 Å². The fourth-order valence-electron chi connectivity index (χ4n) is 1.39. The number of rotatable bonds is 3. The number of amides is 1. The summed E-state index contributed by atoms with van der Waals surface area (Å²) in [5.74, 6) is -0.421. The van der Waals surface area contributed by atoms with Crippen LogP contribution in [-0.4, -0.2) is 16.9 Å². The zero-order valence-electron chi connectivity index (χ0n) is 8.77. The molecule has 1 amide bonds. The summed E-state index contributed by atoms with van der Waals surface area (Å²) in [6.45, 7) is 0. The zero-order chi connectivity index (χ0) is 12.6. The van der Waals surface area contributed by atoms with Crippen LogP contribution in [-0.2, 0) is 0 Å². The fraction of sp³-hybridized carbons (Fsp3) is 0.300. The Bertz CT molecular complexity index is 500. The number of nitrogens with two attached hydrogens (primary N) is 1. The van der Waals surface area contributed by atoms with Gasteiger partial charge in [0.25, 0.3) is 11.6 Å². The average Bonchev–Trinajstić information content (AvgIpc) is 3.05. The van der Waals surface area contributed by atoms with Gasteiger partial charge < -0.3 is 11.1 Å². The van der Waals surface area contributed by atoms with Crippen LogP contribution in [0.2, 0.25) is 5.02 Å². The molecule has 0 radical (unpaired) electrons. The molecule has 1 aliphatic rings. The maximum Gasteiger partial charge on any atom is 0.271 e. The molecule has 0 aromatic heterocycles. The number of carbonyl (C=O) groups is 1. The summed E-state index contributed by atoms with van der Waals surface area (Å²) >= 11 is 5.75. The molecule has 1 fully saturated rings. The van der Waals surface area contributed by atoms with Crippen molar-refractivity contribution in [2.75, 3.05) is 5.73 Å². The van der Waals surface area contributed by atoms with E-state index < -0.39 is 10.8 Å². The molecule has 3 N–H and O–H groups in total. The molecule has 1 aromatic carbocycles. The Morgan fingerprint density at radius 3 is 2.71 bits per heavy atom. The summed E-state index contributed by atoms with van der Waals surface area (Å²) in [6, 6.07) is 2.42. The predicted molar refractivity (Wildman–Crippen MR) is 63.0 cm³/mol. The minimum absolute atomic E-state index is 0.0140. The van der Waals surface area contributed by atoms with Gasteiger partial charge in [0.2, 0.25) is 0 Å². The van der Waals surface area contributed by atoms with Crippen molar-refractivity contribution >= 4 is 28.9 Å². The van der Waals surface area contributed by atoms with E-state index in [0.29, 0.717) is 0 Å². The minimum Gasteiger partial charge on any atom is -0.397 e. The number of nitro benzene ring substituents is 1. The van der Waals surface area contributed by atoms with Crippen molar-refractivity contribution in [2.24, 2.45) is 0 Å². The molecule has 0 aliphatic heterocycles. The van der Waals surface area contributed by atoms with Crippen LogP contribution in [0.5, 0.6) is 0 Å². The van der Waals surface area contributed by atoms with Crippen molar-refractivity contribution in [3.05, 3.63) is 32.8 Å². The second kappa shape index (κ2) is 4.21. The summed E-state index contributed by atoms with van der Waals surface area (Å²) in [7, 11) is 0. The Morgan fingerprint density at radius 2 is 2.18 bits per heavy atom. The van der Waals surface area contributed by atoms with Crippen LogP contribution in [0.3, 0.4) is 0 Å². The van der Waals surface area contributed by atoms with Gasteiger partial charge in [-0.1, -0.05) is 11.6 Å². The largest absolute Gasteiger partial charge is 0.397 e. The molecule has 6 nitrogen and oxygen atoms in total. The lowest BCUT2D eigenvalue weighted by Crippen LogP contribution is -2.26. The Balaban J connectivity index is 2.36. The number of anilines is 1. The molecule has 2 rings (SSSR count). The smallest absolute Gasteiger partial charge is 0.271 e. The number of nitrogens with zero attached hydrogens (tertiary/aromatic N) is 1. The van der Waals surface area contributed by atoms with Gasteiger partial charge in [0.05, 0.1) is 21.2 Å². The summed E-state index contributed by atoms with van der Waals surface area (Å²) in [6.07, 6.45) is 1.85. The molecule has 1 aliphatic carbocycles. The second-order valence-electron chi connectivity index (χ2n) is 3.89. The zero-order valence-corrected chi connectivity index (χ0v) is 9.53. The Kier molecular flexibility index (Phi) is 2.89. The van der Waals surface area contributed by atoms with E-state index in [4.69, 9.17) is 17.3 Å². The molecule has 1 saturated carbocycles. The molecule has 7 heteroatoms. The SMILES string of the molecule is Nc1c(Cl)cc([N+](=O)[O-])cc1C(=O)NC1CC1. The highest BCUT2D eigenvalue weighted by Gasteiger charge is 2.26. The summed E-state index contributed by atoms with van der Waals surface area (Å²) in [4.78, 5) is 21.8. The Hall–Kier alpha value is -1.82. The first-order chi connectivity index (χ1) is 7.99. The normalized spacial score (nSPS) is 14.4. The highest BCUT2D eigenvalue weighted by molar-refractivity contribution is 6.34. The summed E-state index contributed by atoms with van der Waals surface area (Å²) in [5.41, 5.74) is 5.51. The molecular formula is C10H10ClN3O3. The predicted octanol–water partition coefficient (Wildman–Crippen LogP) is 1.72. The van der Waals surface area contributed by atoms with E-state index in [-0.39, 0.29) is 28.0 Å². The fourth-order valence-corrected chi connectivity index (χ4v) is 1.60. The lowest BCUT2D eigenvalue weighted by Gasteiger charge is -2.07. The van der Waals surface area contributed by atoms with E-state index in [0.717, 1.165) is 25.0 Å². The van der Waals surface area contributed by atoms with Crippen LogP contribution in [0, 0.1) is 10.1 Å². The van der Waals surface area contributed by atoms with Gasteiger partial charge in [-0.05, 0) is 12.8 Å². The monoisotopic (exact) mass is 255 g/mol. The van der Waals surface area contributed by atoms with Crippen molar-refractivity contribution in [1.82, 2.24) is 5.32 Å². The van der Waals surface area contributed by atoms with Crippen LogP contribution >= 0.6 is 11.6 Å². The first-order valence-corrected chi connectivity index (χ1v) is 5.41. The van der Waals surface area contributed by atoms with Crippen LogP contribution < -0.4 is 11.1 Å². The maximum atomic E-state index is 11.8. The lowest BCUT2D eigenvalue weighted by molar-refractivity contribution is -0.384. The molecule has 0 heterocycles. The van der Waals surface area contributed by atoms with E-state index in [9.17, 15) is 14.9 Å². The number of nitrogens with one attached hydrogen (secondary N) is 1. The van der Waals surface area contributed by atoms with Gasteiger partial charge in [-0.25, -0.2) is 0 Å². The molecule has 17 heavy (non-hydrogen) atoms. The Labute approximate surface area is 102 Å². The minimum atomic E-state index is -0.612. The number of benzene rings is 1. The average molecular weight is 256 g/mol. The first kappa shape index (κ1) is 11.7. The third-order valence-electron chi connectivity index (χ3n) is 2.48. The van der Waals surface area contributed by atoms with E-state index in [2.05, 4.69) is 5.32 Å². The number of carbonyl (C=O) groups excluding carboxylic acids is 1. The lowest BCUT2D eigenvalue weighted by atomic mass is 10.1. The van der Waals surface area contributed by atoms with Crippen molar-refractivity contribution in [3.8, 4) is 0 Å². The maximum absolute atomic E-state index is 11.8. The molecule has 0 bridgehead atoms. The van der Waals surface area contributed by atoms with Gasteiger partial charge in [-0.2, -0.15) is 0 Å². The third kappa shape index (κ3) is 2.47. The van der Waals surface area contributed by atoms with Gasteiger partial charge in [-0.3, -0.25) is 14.9 Å². The molecule has 0 atom stereocenters. The number of hydrogen-bond donors (Lipinski definition) is 2. The van der Waals surface area contributed by atoms with Crippen molar-refractivity contribution < 1.29 is 9.72 Å². The van der Waals surface area contributed by atoms with Crippen LogP contribution in [0.15, 0.2) is 12.1 Å². The van der Waals surface area contributed by atoms with E-state index in [1.165, 1.54) is 0 Å². The highest BCUT2D eigenvalue weighted by atomic mass is 35.5. The van der Waals surface area contributed by atoms with Gasteiger partial charge in [0.15, 0.2) is 0 Å². The Morgan fingerprint density at radius 1 is 1.53 bits per heavy atom. The first-order valence-electron chi connectivity index (χ1n) is 5.03. The molecule has 0 spiro atoms. The number of non-ortho nitro benzene ring substituents is 1. The van der Waals surface area contributed by atoms with Crippen molar-refractivity contribution in [3.63, 3.8) is 0 Å².